The third-order valence-electron chi connectivity index (χ3n) is 4.75. The highest BCUT2D eigenvalue weighted by molar-refractivity contribution is 7.17. The molecule has 7 heteroatoms. The summed E-state index contributed by atoms with van der Waals surface area (Å²) >= 11 is 1.31. The number of nitrogens with one attached hydrogen (secondary N) is 1. The van der Waals surface area contributed by atoms with E-state index in [0.29, 0.717) is 16.4 Å². The summed E-state index contributed by atoms with van der Waals surface area (Å²) in [6.07, 6.45) is 5.94. The lowest BCUT2D eigenvalue weighted by atomic mass is 9.78. The second-order valence-corrected chi connectivity index (χ2v) is 8.62. The number of carbonyl (C=O) groups is 2. The van der Waals surface area contributed by atoms with E-state index in [-0.39, 0.29) is 28.9 Å². The summed E-state index contributed by atoms with van der Waals surface area (Å²) in [6, 6.07) is 0. The third-order valence-corrected chi connectivity index (χ3v) is 5.80. The summed E-state index contributed by atoms with van der Waals surface area (Å²) < 4.78 is 1.75. The minimum Gasteiger partial charge on any atom is -0.302 e. The van der Waals surface area contributed by atoms with Gasteiger partial charge in [-0.3, -0.25) is 14.3 Å². The number of Topliss-reactive ketones (excluding diaryl/α,β-unsaturated/α-hetero) is 1. The number of aryl methyl sites for hydroxylation is 1. The first-order valence-corrected chi connectivity index (χ1v) is 8.96. The lowest BCUT2D eigenvalue weighted by Crippen LogP contribution is -2.26. The molecule has 4 rings (SSSR count). The Labute approximate surface area is 144 Å². The predicted octanol–water partition coefficient (Wildman–Crippen LogP) is 2.77. The van der Waals surface area contributed by atoms with Crippen molar-refractivity contribution in [2.24, 2.45) is 18.4 Å². The van der Waals surface area contributed by atoms with Gasteiger partial charge in [-0.1, -0.05) is 25.2 Å². The molecule has 2 aliphatic rings. The fourth-order valence-electron chi connectivity index (χ4n) is 3.46. The van der Waals surface area contributed by atoms with Gasteiger partial charge in [0.25, 0.3) is 0 Å². The average molecular weight is 344 g/mol. The molecule has 2 aromatic heterocycles. The van der Waals surface area contributed by atoms with Crippen LogP contribution >= 0.6 is 11.3 Å². The van der Waals surface area contributed by atoms with Crippen LogP contribution in [0.3, 0.4) is 0 Å². The van der Waals surface area contributed by atoms with Gasteiger partial charge in [0.1, 0.15) is 0 Å². The minimum absolute atomic E-state index is 0.0124. The number of anilines is 1. The molecule has 2 aromatic rings. The molecule has 24 heavy (non-hydrogen) atoms. The number of carbonyl (C=O) groups excluding carboxylic acids is 2. The first-order chi connectivity index (χ1) is 11.3. The van der Waals surface area contributed by atoms with Gasteiger partial charge in [-0.2, -0.15) is 5.10 Å². The molecular weight excluding hydrogens is 324 g/mol. The number of ketones is 1. The Bertz CT molecular complexity index is 836. The summed E-state index contributed by atoms with van der Waals surface area (Å²) in [6.45, 7) is 4.16. The van der Waals surface area contributed by atoms with Crippen LogP contribution < -0.4 is 5.32 Å². The fraction of sp³-hybridized carbons (Fsp3) is 0.529. The summed E-state index contributed by atoms with van der Waals surface area (Å²) in [4.78, 5) is 29.9. The van der Waals surface area contributed by atoms with Crippen molar-refractivity contribution in [3.8, 4) is 0 Å². The highest BCUT2D eigenvalue weighted by Crippen LogP contribution is 2.48. The number of thiazole rings is 1. The zero-order valence-corrected chi connectivity index (χ0v) is 14.8. The lowest BCUT2D eigenvalue weighted by molar-refractivity contribution is -0.117. The number of nitrogens with zero attached hydrogens (tertiary/aromatic N) is 3. The number of hydrogen-bond acceptors (Lipinski definition) is 5. The van der Waals surface area contributed by atoms with E-state index in [9.17, 15) is 9.59 Å². The number of rotatable bonds is 3. The molecule has 1 saturated carbocycles. The fourth-order valence-corrected chi connectivity index (χ4v) is 4.38. The summed E-state index contributed by atoms with van der Waals surface area (Å²) in [5.74, 6) is 0.344. The van der Waals surface area contributed by atoms with Gasteiger partial charge < -0.3 is 5.32 Å². The maximum absolute atomic E-state index is 12.4. The van der Waals surface area contributed by atoms with Crippen molar-refractivity contribution in [2.75, 3.05) is 5.32 Å². The molecule has 0 saturated heterocycles. The minimum atomic E-state index is -0.0542. The number of fused-ring (bicyclic) bond motifs is 1. The SMILES string of the molecule is Cn1cc([C@@H]2C[C@H]2C(=O)Nc2nc3c(s2)C(=O)CC(C)(C)C3)cn1. The smallest absolute Gasteiger partial charge is 0.229 e. The van der Waals surface area contributed by atoms with Gasteiger partial charge in [-0.25, -0.2) is 4.98 Å². The van der Waals surface area contributed by atoms with Crippen molar-refractivity contribution in [3.63, 3.8) is 0 Å². The second kappa shape index (κ2) is 5.24. The molecule has 126 valence electrons. The molecule has 1 amide bonds. The quantitative estimate of drug-likeness (QED) is 0.929. The van der Waals surface area contributed by atoms with Gasteiger partial charge in [0.2, 0.25) is 5.91 Å². The van der Waals surface area contributed by atoms with E-state index in [4.69, 9.17) is 0 Å². The molecule has 2 aliphatic carbocycles. The Kier molecular flexibility index (Phi) is 3.38. The van der Waals surface area contributed by atoms with Crippen LogP contribution in [-0.2, 0) is 18.3 Å². The second-order valence-electron chi connectivity index (χ2n) is 7.62. The average Bonchev–Trinajstić information content (AvgIpc) is 3.01. The number of amides is 1. The third kappa shape index (κ3) is 2.77. The van der Waals surface area contributed by atoms with Gasteiger partial charge in [-0.05, 0) is 29.7 Å². The molecule has 0 radical (unpaired) electrons. The van der Waals surface area contributed by atoms with E-state index in [1.165, 1.54) is 11.3 Å². The molecule has 0 aromatic carbocycles. The van der Waals surface area contributed by atoms with Crippen LogP contribution in [0.1, 0.15) is 53.5 Å². The van der Waals surface area contributed by atoms with Crippen molar-refractivity contribution >= 4 is 28.2 Å². The van der Waals surface area contributed by atoms with E-state index in [1.54, 1.807) is 4.68 Å². The first kappa shape index (κ1) is 15.5. The Morgan fingerprint density at radius 3 is 2.92 bits per heavy atom. The van der Waals surface area contributed by atoms with Gasteiger partial charge in [0.15, 0.2) is 10.9 Å². The molecule has 0 spiro atoms. The van der Waals surface area contributed by atoms with Gasteiger partial charge in [0.05, 0.1) is 16.8 Å². The Balaban J connectivity index is 1.45. The standard InChI is InChI=1S/C17H20N4O2S/c1-17(2)5-12-14(13(22)6-17)24-16(19-12)20-15(23)11-4-10(11)9-7-18-21(3)8-9/h7-8,10-11H,4-6H2,1-3H3,(H,19,20,23)/t10-,11+/m0/s1. The van der Waals surface area contributed by atoms with Crippen molar-refractivity contribution < 1.29 is 9.59 Å². The van der Waals surface area contributed by atoms with Crippen molar-refractivity contribution in [1.29, 1.82) is 0 Å². The van der Waals surface area contributed by atoms with Crippen molar-refractivity contribution in [2.45, 2.75) is 39.0 Å². The van der Waals surface area contributed by atoms with E-state index in [1.807, 2.05) is 19.4 Å². The molecule has 1 N–H and O–H groups in total. The van der Waals surface area contributed by atoms with Gasteiger partial charge in [0, 0.05) is 25.6 Å². The molecule has 2 atom stereocenters. The zero-order chi connectivity index (χ0) is 17.1. The van der Waals surface area contributed by atoms with Crippen LogP contribution in [0.4, 0.5) is 5.13 Å². The lowest BCUT2D eigenvalue weighted by Gasteiger charge is -2.26. The van der Waals surface area contributed by atoms with Gasteiger partial charge in [-0.15, -0.1) is 0 Å². The zero-order valence-electron chi connectivity index (χ0n) is 14.0. The summed E-state index contributed by atoms with van der Waals surface area (Å²) in [7, 11) is 1.87. The van der Waals surface area contributed by atoms with E-state index < -0.39 is 0 Å². The van der Waals surface area contributed by atoms with Crippen LogP contribution in [-0.4, -0.2) is 26.5 Å². The predicted molar refractivity (Wildman–Crippen MR) is 91.2 cm³/mol. The maximum atomic E-state index is 12.4. The van der Waals surface area contributed by atoms with Gasteiger partial charge >= 0.3 is 0 Å². The van der Waals surface area contributed by atoms with E-state index in [0.717, 1.165) is 24.1 Å². The largest absolute Gasteiger partial charge is 0.302 e. The monoisotopic (exact) mass is 344 g/mol. The molecule has 0 bridgehead atoms. The molecule has 1 fully saturated rings. The molecule has 2 heterocycles. The molecule has 6 nitrogen and oxygen atoms in total. The topological polar surface area (TPSA) is 76.9 Å². The number of hydrogen-bond donors (Lipinski definition) is 1. The van der Waals surface area contributed by atoms with Crippen molar-refractivity contribution in [1.82, 2.24) is 14.8 Å². The summed E-state index contributed by atoms with van der Waals surface area (Å²) in [5.41, 5.74) is 1.88. The van der Waals surface area contributed by atoms with Crippen molar-refractivity contribution in [3.05, 3.63) is 28.5 Å². The molecule has 0 unspecified atom stereocenters. The van der Waals surface area contributed by atoms with Crippen LogP contribution in [0.25, 0.3) is 0 Å². The highest BCUT2D eigenvalue weighted by atomic mass is 32.1. The summed E-state index contributed by atoms with van der Waals surface area (Å²) in [5, 5.41) is 7.61. The Morgan fingerprint density at radius 2 is 2.21 bits per heavy atom. The highest BCUT2D eigenvalue weighted by Gasteiger charge is 2.45. The van der Waals surface area contributed by atoms with Crippen LogP contribution in [0.2, 0.25) is 0 Å². The Morgan fingerprint density at radius 1 is 1.42 bits per heavy atom. The van der Waals surface area contributed by atoms with Crippen LogP contribution in [0.5, 0.6) is 0 Å². The molecular formula is C17H20N4O2S. The van der Waals surface area contributed by atoms with E-state index in [2.05, 4.69) is 29.2 Å². The maximum Gasteiger partial charge on any atom is 0.229 e. The molecule has 0 aliphatic heterocycles. The van der Waals surface area contributed by atoms with Crippen LogP contribution in [0.15, 0.2) is 12.4 Å². The van der Waals surface area contributed by atoms with Crippen LogP contribution in [0, 0.1) is 11.3 Å². The number of aromatic nitrogens is 3. The first-order valence-electron chi connectivity index (χ1n) is 8.15. The van der Waals surface area contributed by atoms with E-state index >= 15 is 0 Å². The normalized spacial score (nSPS) is 24.5. The Hall–Kier alpha value is -2.02.